The zero-order valence-electron chi connectivity index (χ0n) is 9.62. The number of nitrogen functional groups attached to an aromatic ring is 1. The Morgan fingerprint density at radius 2 is 2.00 bits per heavy atom. The van der Waals surface area contributed by atoms with Gasteiger partial charge in [-0.3, -0.25) is 0 Å². The molecule has 3 nitrogen and oxygen atoms in total. The third kappa shape index (κ3) is 3.59. The molecule has 0 aliphatic carbocycles. The van der Waals surface area contributed by atoms with E-state index in [1.807, 2.05) is 23.7 Å². The Hall–Kier alpha value is -0.810. The van der Waals surface area contributed by atoms with Gasteiger partial charge >= 0.3 is 0 Å². The minimum absolute atomic E-state index is 0.435. The van der Waals surface area contributed by atoms with Gasteiger partial charge in [-0.1, -0.05) is 23.2 Å². The number of thiazole rings is 1. The van der Waals surface area contributed by atoms with Crippen molar-refractivity contribution in [2.45, 2.75) is 13.0 Å². The fourth-order valence-corrected chi connectivity index (χ4v) is 2.70. The highest BCUT2D eigenvalue weighted by Crippen LogP contribution is 2.28. The van der Waals surface area contributed by atoms with Crippen LogP contribution in [0.1, 0.15) is 10.6 Å². The van der Waals surface area contributed by atoms with E-state index >= 15 is 0 Å². The van der Waals surface area contributed by atoms with Crippen LogP contribution < -0.4 is 11.1 Å². The molecule has 18 heavy (non-hydrogen) atoms. The van der Waals surface area contributed by atoms with Crippen LogP contribution in [-0.4, -0.2) is 11.5 Å². The third-order valence-corrected chi connectivity index (χ3v) is 3.93. The molecule has 1 heterocycles. The fourth-order valence-electron chi connectivity index (χ4n) is 1.54. The first-order valence-electron chi connectivity index (χ1n) is 5.49. The number of halogens is 2. The van der Waals surface area contributed by atoms with E-state index in [2.05, 4.69) is 10.3 Å². The Kier molecular flexibility index (Phi) is 4.83. The average molecular weight is 302 g/mol. The van der Waals surface area contributed by atoms with Crippen molar-refractivity contribution >= 4 is 40.2 Å². The molecular weight excluding hydrogens is 289 g/mol. The summed E-state index contributed by atoms with van der Waals surface area (Å²) in [6.07, 6.45) is 2.74. The van der Waals surface area contributed by atoms with Gasteiger partial charge in [0.2, 0.25) is 0 Å². The van der Waals surface area contributed by atoms with Crippen LogP contribution in [0.5, 0.6) is 0 Å². The number of nitrogens with zero attached hydrogens (tertiary/aromatic N) is 1. The Morgan fingerprint density at radius 1 is 1.28 bits per heavy atom. The van der Waals surface area contributed by atoms with E-state index in [1.165, 1.54) is 0 Å². The van der Waals surface area contributed by atoms with Gasteiger partial charge in [0.15, 0.2) is 0 Å². The van der Waals surface area contributed by atoms with Gasteiger partial charge in [0, 0.05) is 31.1 Å². The standard InChI is InChI=1S/C12H13Cl2N3S/c13-9-5-8(6-10(14)12(9)15)7-16-2-1-11-17-3-4-18-11/h3-6,16H,1-2,7,15H2. The molecule has 0 unspecified atom stereocenters. The molecule has 2 aromatic rings. The Bertz CT molecular complexity index is 491. The number of hydrogen-bond donors (Lipinski definition) is 2. The molecule has 96 valence electrons. The van der Waals surface area contributed by atoms with E-state index in [9.17, 15) is 0 Å². The van der Waals surface area contributed by atoms with Crippen molar-refractivity contribution in [3.63, 3.8) is 0 Å². The molecule has 1 aromatic heterocycles. The molecule has 0 saturated heterocycles. The van der Waals surface area contributed by atoms with Crippen LogP contribution in [0.25, 0.3) is 0 Å². The van der Waals surface area contributed by atoms with Crippen LogP contribution in [0, 0.1) is 0 Å². The smallest absolute Gasteiger partial charge is 0.0937 e. The molecule has 0 amide bonds. The van der Waals surface area contributed by atoms with E-state index in [0.717, 1.165) is 23.5 Å². The molecule has 1 aromatic carbocycles. The maximum Gasteiger partial charge on any atom is 0.0937 e. The first kappa shape index (κ1) is 13.6. The lowest BCUT2D eigenvalue weighted by atomic mass is 10.2. The second-order valence-corrected chi connectivity index (χ2v) is 5.62. The van der Waals surface area contributed by atoms with Crippen LogP contribution in [-0.2, 0) is 13.0 Å². The number of benzene rings is 1. The average Bonchev–Trinajstić information content (AvgIpc) is 2.84. The first-order valence-corrected chi connectivity index (χ1v) is 7.13. The monoisotopic (exact) mass is 301 g/mol. The lowest BCUT2D eigenvalue weighted by molar-refractivity contribution is 0.685. The predicted octanol–water partition coefficient (Wildman–Crippen LogP) is 3.36. The number of hydrogen-bond acceptors (Lipinski definition) is 4. The van der Waals surface area contributed by atoms with Crippen molar-refractivity contribution in [1.29, 1.82) is 0 Å². The molecule has 0 saturated carbocycles. The van der Waals surface area contributed by atoms with E-state index in [4.69, 9.17) is 28.9 Å². The van der Waals surface area contributed by atoms with Crippen LogP contribution >= 0.6 is 34.5 Å². The summed E-state index contributed by atoms with van der Waals surface area (Å²) in [4.78, 5) is 4.22. The van der Waals surface area contributed by atoms with Gasteiger partial charge in [-0.05, 0) is 17.7 Å². The van der Waals surface area contributed by atoms with Gasteiger partial charge in [-0.25, -0.2) is 4.98 Å². The normalized spacial score (nSPS) is 10.8. The second-order valence-electron chi connectivity index (χ2n) is 3.83. The maximum absolute atomic E-state index is 5.97. The molecular formula is C12H13Cl2N3S. The molecule has 0 aliphatic rings. The summed E-state index contributed by atoms with van der Waals surface area (Å²) < 4.78 is 0. The quantitative estimate of drug-likeness (QED) is 0.658. The highest BCUT2D eigenvalue weighted by molar-refractivity contribution is 7.09. The van der Waals surface area contributed by atoms with Crippen molar-refractivity contribution in [3.8, 4) is 0 Å². The van der Waals surface area contributed by atoms with Gasteiger partial charge in [0.25, 0.3) is 0 Å². The molecule has 2 rings (SSSR count). The topological polar surface area (TPSA) is 50.9 Å². The first-order chi connectivity index (χ1) is 8.66. The van der Waals surface area contributed by atoms with Crippen LogP contribution in [0.3, 0.4) is 0 Å². The summed E-state index contributed by atoms with van der Waals surface area (Å²) in [5, 5.41) is 7.44. The van der Waals surface area contributed by atoms with Crippen LogP contribution in [0.15, 0.2) is 23.7 Å². The van der Waals surface area contributed by atoms with Crippen molar-refractivity contribution in [3.05, 3.63) is 44.3 Å². The number of rotatable bonds is 5. The fraction of sp³-hybridized carbons (Fsp3) is 0.250. The van der Waals surface area contributed by atoms with Gasteiger partial charge in [-0.15, -0.1) is 11.3 Å². The summed E-state index contributed by atoms with van der Waals surface area (Å²) in [5.74, 6) is 0. The minimum atomic E-state index is 0.435. The summed E-state index contributed by atoms with van der Waals surface area (Å²) in [6, 6.07) is 3.67. The molecule has 0 radical (unpaired) electrons. The predicted molar refractivity (Wildman–Crippen MR) is 78.4 cm³/mol. The van der Waals surface area contributed by atoms with Gasteiger partial charge < -0.3 is 11.1 Å². The van der Waals surface area contributed by atoms with Gasteiger partial charge in [0.1, 0.15) is 0 Å². The van der Waals surface area contributed by atoms with E-state index < -0.39 is 0 Å². The number of nitrogens with two attached hydrogens (primary N) is 1. The molecule has 0 aliphatic heterocycles. The summed E-state index contributed by atoms with van der Waals surface area (Å²) >= 11 is 13.6. The number of nitrogens with one attached hydrogen (secondary N) is 1. The van der Waals surface area contributed by atoms with Gasteiger partial charge in [-0.2, -0.15) is 0 Å². The molecule has 0 fully saturated rings. The van der Waals surface area contributed by atoms with Crippen molar-refractivity contribution in [2.75, 3.05) is 12.3 Å². The lowest BCUT2D eigenvalue weighted by Crippen LogP contribution is -2.16. The van der Waals surface area contributed by atoms with E-state index in [-0.39, 0.29) is 0 Å². The molecule has 0 atom stereocenters. The summed E-state index contributed by atoms with van der Waals surface area (Å²) in [6.45, 7) is 1.58. The molecule has 6 heteroatoms. The summed E-state index contributed by atoms with van der Waals surface area (Å²) in [7, 11) is 0. The largest absolute Gasteiger partial charge is 0.396 e. The highest BCUT2D eigenvalue weighted by Gasteiger charge is 2.04. The Balaban J connectivity index is 1.83. The Morgan fingerprint density at radius 3 is 2.61 bits per heavy atom. The Labute approximate surface area is 120 Å². The van der Waals surface area contributed by atoms with Gasteiger partial charge in [0.05, 0.1) is 20.7 Å². The van der Waals surface area contributed by atoms with Crippen molar-refractivity contribution < 1.29 is 0 Å². The zero-order valence-corrected chi connectivity index (χ0v) is 11.9. The molecule has 3 N–H and O–H groups in total. The molecule has 0 spiro atoms. The van der Waals surface area contributed by atoms with Crippen LogP contribution in [0.2, 0.25) is 10.0 Å². The maximum atomic E-state index is 5.97. The zero-order chi connectivity index (χ0) is 13.0. The second kappa shape index (κ2) is 6.38. The SMILES string of the molecule is Nc1c(Cl)cc(CNCCc2nccs2)cc1Cl. The highest BCUT2D eigenvalue weighted by atomic mass is 35.5. The molecule has 0 bridgehead atoms. The van der Waals surface area contributed by atoms with E-state index in [1.54, 1.807) is 11.3 Å². The van der Waals surface area contributed by atoms with Crippen molar-refractivity contribution in [1.82, 2.24) is 10.3 Å². The number of aromatic nitrogens is 1. The third-order valence-electron chi connectivity index (χ3n) is 2.47. The van der Waals surface area contributed by atoms with Crippen molar-refractivity contribution in [2.24, 2.45) is 0 Å². The summed E-state index contributed by atoms with van der Waals surface area (Å²) in [5.41, 5.74) is 7.14. The van der Waals surface area contributed by atoms with E-state index in [0.29, 0.717) is 22.3 Å². The minimum Gasteiger partial charge on any atom is -0.396 e. The number of anilines is 1. The lowest BCUT2D eigenvalue weighted by Gasteiger charge is -2.07. The van der Waals surface area contributed by atoms with Crippen LogP contribution in [0.4, 0.5) is 5.69 Å².